The Bertz CT molecular complexity index is 368. The van der Waals surface area contributed by atoms with Crippen LogP contribution in [0.4, 0.5) is 4.39 Å². The van der Waals surface area contributed by atoms with E-state index in [0.29, 0.717) is 17.1 Å². The molecule has 1 rings (SSSR count). The molecule has 1 aromatic rings. The van der Waals surface area contributed by atoms with Crippen LogP contribution in [-0.4, -0.2) is 6.61 Å². The van der Waals surface area contributed by atoms with Gasteiger partial charge in [0.1, 0.15) is 6.61 Å². The summed E-state index contributed by atoms with van der Waals surface area (Å²) in [6, 6.07) is 4.53. The van der Waals surface area contributed by atoms with Crippen LogP contribution in [0.2, 0.25) is 0 Å². The van der Waals surface area contributed by atoms with Crippen molar-refractivity contribution >= 4 is 23.2 Å². The summed E-state index contributed by atoms with van der Waals surface area (Å²) in [6.45, 7) is 0.337. The van der Waals surface area contributed by atoms with Gasteiger partial charge in [-0.25, -0.2) is 4.39 Å². The third kappa shape index (κ3) is 3.70. The molecule has 0 heterocycles. The van der Waals surface area contributed by atoms with Crippen molar-refractivity contribution < 1.29 is 9.13 Å². The fourth-order valence-corrected chi connectivity index (χ4v) is 1.08. The van der Waals surface area contributed by atoms with E-state index in [-0.39, 0.29) is 12.4 Å². The van der Waals surface area contributed by atoms with E-state index in [1.54, 1.807) is 6.07 Å². The minimum absolute atomic E-state index is 0.0456. The standard InChI is InChI=1S/C10H10Cl2FNO/c11-4-8(12)6-15-10-2-1-7(5-14)3-9(10)13/h1-4H,5-6,14H2/b8-4-. The molecule has 0 fully saturated rings. The van der Waals surface area contributed by atoms with Crippen LogP contribution in [0.25, 0.3) is 0 Å². The minimum Gasteiger partial charge on any atom is -0.485 e. The van der Waals surface area contributed by atoms with Crippen molar-refractivity contribution in [2.24, 2.45) is 5.73 Å². The molecule has 0 aliphatic carbocycles. The Kier molecular flexibility index (Phi) is 4.88. The highest BCUT2D eigenvalue weighted by molar-refractivity contribution is 6.36. The summed E-state index contributed by atoms with van der Waals surface area (Å²) in [5.74, 6) is -0.333. The Morgan fingerprint density at radius 3 is 2.80 bits per heavy atom. The van der Waals surface area contributed by atoms with E-state index in [9.17, 15) is 4.39 Å². The number of hydrogen-bond acceptors (Lipinski definition) is 2. The normalized spacial score (nSPS) is 11.6. The summed E-state index contributed by atoms with van der Waals surface area (Å²) in [6.07, 6.45) is 0. The molecule has 0 bridgehead atoms. The summed E-state index contributed by atoms with van der Waals surface area (Å²) in [5.41, 5.74) is 7.24. The number of halogens is 3. The lowest BCUT2D eigenvalue weighted by Crippen LogP contribution is -2.01. The zero-order valence-electron chi connectivity index (χ0n) is 7.84. The molecule has 0 spiro atoms. The second-order valence-corrected chi connectivity index (χ2v) is 3.52. The molecule has 5 heteroatoms. The quantitative estimate of drug-likeness (QED) is 0.891. The SMILES string of the molecule is NCc1ccc(OC/C(Cl)=C/Cl)c(F)c1. The highest BCUT2D eigenvalue weighted by Crippen LogP contribution is 2.19. The Morgan fingerprint density at radius 1 is 1.53 bits per heavy atom. The van der Waals surface area contributed by atoms with Gasteiger partial charge in [0.05, 0.1) is 5.03 Å². The van der Waals surface area contributed by atoms with Crippen molar-refractivity contribution in [3.8, 4) is 5.75 Å². The number of benzene rings is 1. The predicted octanol–water partition coefficient (Wildman–Crippen LogP) is 2.98. The highest BCUT2D eigenvalue weighted by Gasteiger charge is 2.04. The molecule has 15 heavy (non-hydrogen) atoms. The summed E-state index contributed by atoms with van der Waals surface area (Å²) in [5, 5.41) is 0.305. The molecule has 0 aromatic heterocycles. The Hall–Kier alpha value is -0.770. The molecular formula is C10H10Cl2FNO. The van der Waals surface area contributed by atoms with Gasteiger partial charge in [-0.2, -0.15) is 0 Å². The maximum atomic E-state index is 13.3. The first-order valence-electron chi connectivity index (χ1n) is 4.23. The molecule has 0 aliphatic heterocycles. The van der Waals surface area contributed by atoms with E-state index in [0.717, 1.165) is 0 Å². The summed E-state index contributed by atoms with van der Waals surface area (Å²) >= 11 is 10.9. The van der Waals surface area contributed by atoms with Crippen molar-refractivity contribution in [2.45, 2.75) is 6.54 Å². The molecule has 0 amide bonds. The lowest BCUT2D eigenvalue weighted by molar-refractivity contribution is 0.338. The lowest BCUT2D eigenvalue weighted by Gasteiger charge is -2.07. The van der Waals surface area contributed by atoms with Gasteiger partial charge in [0.15, 0.2) is 11.6 Å². The summed E-state index contributed by atoms with van der Waals surface area (Å²) in [7, 11) is 0. The molecule has 1 aromatic carbocycles. The minimum atomic E-state index is -0.461. The van der Waals surface area contributed by atoms with Gasteiger partial charge in [-0.15, -0.1) is 0 Å². The first kappa shape index (κ1) is 12.3. The fraction of sp³-hybridized carbons (Fsp3) is 0.200. The van der Waals surface area contributed by atoms with Crippen LogP contribution < -0.4 is 10.5 Å². The third-order valence-electron chi connectivity index (χ3n) is 1.72. The lowest BCUT2D eigenvalue weighted by atomic mass is 10.2. The van der Waals surface area contributed by atoms with Crippen LogP contribution in [-0.2, 0) is 6.54 Å². The van der Waals surface area contributed by atoms with E-state index in [4.69, 9.17) is 33.7 Å². The zero-order valence-corrected chi connectivity index (χ0v) is 9.35. The predicted molar refractivity (Wildman–Crippen MR) is 59.6 cm³/mol. The van der Waals surface area contributed by atoms with Crippen LogP contribution in [0.15, 0.2) is 28.8 Å². The largest absolute Gasteiger partial charge is 0.485 e. The zero-order chi connectivity index (χ0) is 11.3. The van der Waals surface area contributed by atoms with Gasteiger partial charge in [-0.3, -0.25) is 0 Å². The molecule has 0 atom stereocenters. The van der Waals surface area contributed by atoms with Crippen molar-refractivity contribution in [3.05, 3.63) is 40.1 Å². The summed E-state index contributed by atoms with van der Waals surface area (Å²) in [4.78, 5) is 0. The van der Waals surface area contributed by atoms with Crippen LogP contribution in [0, 0.1) is 5.82 Å². The van der Waals surface area contributed by atoms with Crippen LogP contribution in [0.3, 0.4) is 0 Å². The maximum absolute atomic E-state index is 13.3. The molecule has 0 radical (unpaired) electrons. The van der Waals surface area contributed by atoms with Crippen molar-refractivity contribution in [1.82, 2.24) is 0 Å². The average Bonchev–Trinajstić information content (AvgIpc) is 2.26. The molecule has 2 N–H and O–H groups in total. The number of rotatable bonds is 4. The van der Waals surface area contributed by atoms with E-state index < -0.39 is 5.82 Å². The van der Waals surface area contributed by atoms with E-state index >= 15 is 0 Å². The van der Waals surface area contributed by atoms with Gasteiger partial charge in [-0.1, -0.05) is 29.3 Å². The molecule has 0 aliphatic rings. The monoisotopic (exact) mass is 249 g/mol. The number of hydrogen-bond donors (Lipinski definition) is 1. The van der Waals surface area contributed by atoms with Gasteiger partial charge in [0, 0.05) is 12.1 Å². The molecule has 0 unspecified atom stereocenters. The topological polar surface area (TPSA) is 35.2 Å². The van der Waals surface area contributed by atoms with Gasteiger partial charge in [0.2, 0.25) is 0 Å². The Balaban J connectivity index is 2.70. The van der Waals surface area contributed by atoms with Gasteiger partial charge in [0.25, 0.3) is 0 Å². The van der Waals surface area contributed by atoms with E-state index in [2.05, 4.69) is 0 Å². The molecular weight excluding hydrogens is 240 g/mol. The second kappa shape index (κ2) is 5.95. The smallest absolute Gasteiger partial charge is 0.165 e. The van der Waals surface area contributed by atoms with E-state index in [1.807, 2.05) is 0 Å². The fourth-order valence-electron chi connectivity index (χ4n) is 0.967. The van der Waals surface area contributed by atoms with Crippen LogP contribution >= 0.6 is 23.2 Å². The molecule has 0 saturated carbocycles. The van der Waals surface area contributed by atoms with Crippen molar-refractivity contribution in [3.63, 3.8) is 0 Å². The number of nitrogens with two attached hydrogens (primary N) is 1. The van der Waals surface area contributed by atoms with Crippen LogP contribution in [0.1, 0.15) is 5.56 Å². The first-order chi connectivity index (χ1) is 7.17. The molecule has 82 valence electrons. The van der Waals surface area contributed by atoms with Crippen molar-refractivity contribution in [2.75, 3.05) is 6.61 Å². The third-order valence-corrected chi connectivity index (χ3v) is 2.31. The van der Waals surface area contributed by atoms with Gasteiger partial charge >= 0.3 is 0 Å². The average molecular weight is 250 g/mol. The van der Waals surface area contributed by atoms with Gasteiger partial charge < -0.3 is 10.5 Å². The molecule has 0 saturated heterocycles. The molecule has 2 nitrogen and oxygen atoms in total. The maximum Gasteiger partial charge on any atom is 0.165 e. The van der Waals surface area contributed by atoms with E-state index in [1.165, 1.54) is 17.7 Å². The first-order valence-corrected chi connectivity index (χ1v) is 5.05. The van der Waals surface area contributed by atoms with Crippen molar-refractivity contribution in [1.29, 1.82) is 0 Å². The Morgan fingerprint density at radius 2 is 2.27 bits per heavy atom. The Labute approximate surface area is 97.4 Å². The summed E-state index contributed by atoms with van der Waals surface area (Å²) < 4.78 is 18.4. The van der Waals surface area contributed by atoms with Crippen LogP contribution in [0.5, 0.6) is 5.75 Å². The van der Waals surface area contributed by atoms with Gasteiger partial charge in [-0.05, 0) is 17.7 Å². The highest BCUT2D eigenvalue weighted by atomic mass is 35.5. The number of ether oxygens (including phenoxy) is 1. The second-order valence-electron chi connectivity index (χ2n) is 2.81.